The molecule has 0 radical (unpaired) electrons. The molecule has 2 aromatic carbocycles. The molecule has 0 atom stereocenters. The van der Waals surface area contributed by atoms with E-state index in [0.717, 1.165) is 43.1 Å². The Morgan fingerprint density at radius 3 is 2.33 bits per heavy atom. The van der Waals surface area contributed by atoms with Crippen LogP contribution in [-0.2, 0) is 21.3 Å². The first-order valence-corrected chi connectivity index (χ1v) is 10.5. The molecule has 0 amide bonds. The van der Waals surface area contributed by atoms with Crippen molar-refractivity contribution in [2.24, 2.45) is 0 Å². The maximum absolute atomic E-state index is 12.7. The molecule has 6 nitrogen and oxygen atoms in total. The Balaban J connectivity index is 1.69. The lowest BCUT2D eigenvalue weighted by molar-refractivity contribution is 0.122. The van der Waals surface area contributed by atoms with Crippen LogP contribution in [0.2, 0.25) is 0 Å². The van der Waals surface area contributed by atoms with Crippen LogP contribution in [0.4, 0.5) is 5.69 Å². The standard InChI is InChI=1S/C20H26N2O4S/c1-15-16(2)20(9-8-19(15)25-3)27(23,24)21-14-17-4-6-18(7-5-17)22-10-12-26-13-11-22/h4-9,21H,10-14H2,1-3H3. The van der Waals surface area contributed by atoms with Gasteiger partial charge in [0.05, 0.1) is 25.2 Å². The second-order valence-corrected chi connectivity index (χ2v) is 8.34. The fourth-order valence-corrected chi connectivity index (χ4v) is 4.50. The predicted molar refractivity (Wildman–Crippen MR) is 106 cm³/mol. The van der Waals surface area contributed by atoms with Crippen molar-refractivity contribution in [2.75, 3.05) is 38.3 Å². The van der Waals surface area contributed by atoms with Crippen LogP contribution in [0.5, 0.6) is 5.75 Å². The maximum Gasteiger partial charge on any atom is 0.241 e. The Bertz CT molecular complexity index is 889. The molecule has 7 heteroatoms. The number of anilines is 1. The second-order valence-electron chi connectivity index (χ2n) is 6.61. The SMILES string of the molecule is COc1ccc(S(=O)(=O)NCc2ccc(N3CCOCC3)cc2)c(C)c1C. The summed E-state index contributed by atoms with van der Waals surface area (Å²) < 4.78 is 38.8. The summed E-state index contributed by atoms with van der Waals surface area (Å²) in [4.78, 5) is 2.55. The van der Waals surface area contributed by atoms with E-state index in [2.05, 4.69) is 9.62 Å². The third-order valence-corrected chi connectivity index (χ3v) is 6.52. The second kappa shape index (κ2) is 8.29. The Hall–Kier alpha value is -2.09. The molecule has 0 saturated carbocycles. The molecule has 0 aromatic heterocycles. The molecular formula is C20H26N2O4S. The van der Waals surface area contributed by atoms with Gasteiger partial charge in [-0.05, 0) is 54.8 Å². The van der Waals surface area contributed by atoms with E-state index in [-0.39, 0.29) is 11.4 Å². The number of benzene rings is 2. The zero-order chi connectivity index (χ0) is 19.4. The third-order valence-electron chi connectivity index (χ3n) is 4.98. The lowest BCUT2D eigenvalue weighted by atomic mass is 10.1. The number of nitrogens with one attached hydrogen (secondary N) is 1. The fourth-order valence-electron chi connectivity index (χ4n) is 3.19. The number of sulfonamides is 1. The molecule has 1 aliphatic rings. The molecule has 1 heterocycles. The Kier molecular flexibility index (Phi) is 6.04. The van der Waals surface area contributed by atoms with Crippen molar-refractivity contribution in [3.63, 3.8) is 0 Å². The molecule has 0 bridgehead atoms. The van der Waals surface area contributed by atoms with Crippen LogP contribution in [0.1, 0.15) is 16.7 Å². The molecule has 1 N–H and O–H groups in total. The van der Waals surface area contributed by atoms with E-state index < -0.39 is 10.0 Å². The van der Waals surface area contributed by atoms with Gasteiger partial charge in [-0.3, -0.25) is 0 Å². The van der Waals surface area contributed by atoms with Gasteiger partial charge in [-0.2, -0.15) is 0 Å². The van der Waals surface area contributed by atoms with Gasteiger partial charge in [0.15, 0.2) is 0 Å². The van der Waals surface area contributed by atoms with Crippen molar-refractivity contribution < 1.29 is 17.9 Å². The summed E-state index contributed by atoms with van der Waals surface area (Å²) in [5.74, 6) is 0.685. The summed E-state index contributed by atoms with van der Waals surface area (Å²) >= 11 is 0. The number of ether oxygens (including phenoxy) is 2. The first kappa shape index (κ1) is 19.7. The minimum atomic E-state index is -3.60. The molecule has 1 saturated heterocycles. The number of methoxy groups -OCH3 is 1. The van der Waals surface area contributed by atoms with Gasteiger partial charge < -0.3 is 14.4 Å². The monoisotopic (exact) mass is 390 g/mol. The number of hydrogen-bond donors (Lipinski definition) is 1. The third kappa shape index (κ3) is 4.43. The average Bonchev–Trinajstić information content (AvgIpc) is 2.69. The highest BCUT2D eigenvalue weighted by molar-refractivity contribution is 7.89. The normalized spacial score (nSPS) is 15.0. The zero-order valence-electron chi connectivity index (χ0n) is 16.0. The van der Waals surface area contributed by atoms with Crippen molar-refractivity contribution in [2.45, 2.75) is 25.3 Å². The van der Waals surface area contributed by atoms with Gasteiger partial charge in [-0.1, -0.05) is 12.1 Å². The smallest absolute Gasteiger partial charge is 0.241 e. The van der Waals surface area contributed by atoms with E-state index in [1.165, 1.54) is 0 Å². The molecule has 146 valence electrons. The van der Waals surface area contributed by atoms with E-state index in [4.69, 9.17) is 9.47 Å². The van der Waals surface area contributed by atoms with Crippen LogP contribution >= 0.6 is 0 Å². The highest BCUT2D eigenvalue weighted by atomic mass is 32.2. The van der Waals surface area contributed by atoms with Gasteiger partial charge in [0.1, 0.15) is 5.75 Å². The largest absolute Gasteiger partial charge is 0.496 e. The van der Waals surface area contributed by atoms with Crippen molar-refractivity contribution in [1.29, 1.82) is 0 Å². The van der Waals surface area contributed by atoms with Gasteiger partial charge in [0.25, 0.3) is 0 Å². The number of rotatable bonds is 6. The molecule has 1 aliphatic heterocycles. The zero-order valence-corrected chi connectivity index (χ0v) is 16.8. The first-order valence-electron chi connectivity index (χ1n) is 8.98. The summed E-state index contributed by atoms with van der Waals surface area (Å²) in [7, 11) is -2.02. The van der Waals surface area contributed by atoms with Gasteiger partial charge >= 0.3 is 0 Å². The van der Waals surface area contributed by atoms with Crippen molar-refractivity contribution >= 4 is 15.7 Å². The Morgan fingerprint density at radius 1 is 1.04 bits per heavy atom. The van der Waals surface area contributed by atoms with Gasteiger partial charge in [0.2, 0.25) is 10.0 Å². The lowest BCUT2D eigenvalue weighted by Crippen LogP contribution is -2.36. The van der Waals surface area contributed by atoms with Crippen LogP contribution in [0.15, 0.2) is 41.3 Å². The molecule has 0 spiro atoms. The summed E-state index contributed by atoms with van der Waals surface area (Å²) in [6.45, 7) is 7.13. The molecule has 27 heavy (non-hydrogen) atoms. The topological polar surface area (TPSA) is 67.9 Å². The predicted octanol–water partition coefficient (Wildman–Crippen LogP) is 2.63. The fraction of sp³-hybridized carbons (Fsp3) is 0.400. The van der Waals surface area contributed by atoms with E-state index in [1.807, 2.05) is 31.2 Å². The van der Waals surface area contributed by atoms with Gasteiger partial charge in [-0.15, -0.1) is 0 Å². The first-order chi connectivity index (χ1) is 12.9. The summed E-state index contributed by atoms with van der Waals surface area (Å²) in [5.41, 5.74) is 3.57. The van der Waals surface area contributed by atoms with Crippen LogP contribution in [0.3, 0.4) is 0 Å². The van der Waals surface area contributed by atoms with E-state index >= 15 is 0 Å². The van der Waals surface area contributed by atoms with Crippen molar-refractivity contribution in [3.05, 3.63) is 53.1 Å². The molecule has 1 fully saturated rings. The molecule has 2 aromatic rings. The van der Waals surface area contributed by atoms with Crippen LogP contribution in [0, 0.1) is 13.8 Å². The van der Waals surface area contributed by atoms with Crippen LogP contribution in [-0.4, -0.2) is 41.8 Å². The quantitative estimate of drug-likeness (QED) is 0.821. The lowest BCUT2D eigenvalue weighted by Gasteiger charge is -2.28. The Labute approximate surface area is 161 Å². The molecule has 0 unspecified atom stereocenters. The van der Waals surface area contributed by atoms with Crippen molar-refractivity contribution in [1.82, 2.24) is 4.72 Å². The van der Waals surface area contributed by atoms with E-state index in [1.54, 1.807) is 26.2 Å². The van der Waals surface area contributed by atoms with Crippen molar-refractivity contribution in [3.8, 4) is 5.75 Å². The molecular weight excluding hydrogens is 364 g/mol. The highest BCUT2D eigenvalue weighted by Gasteiger charge is 2.19. The summed E-state index contributed by atoms with van der Waals surface area (Å²) in [6, 6.07) is 11.2. The van der Waals surface area contributed by atoms with E-state index in [0.29, 0.717) is 11.3 Å². The molecule has 0 aliphatic carbocycles. The highest BCUT2D eigenvalue weighted by Crippen LogP contribution is 2.27. The number of hydrogen-bond acceptors (Lipinski definition) is 5. The number of morpholine rings is 1. The van der Waals surface area contributed by atoms with Gasteiger partial charge in [0, 0.05) is 25.3 Å². The van der Waals surface area contributed by atoms with E-state index in [9.17, 15) is 8.42 Å². The number of nitrogens with zero attached hydrogens (tertiary/aromatic N) is 1. The average molecular weight is 391 g/mol. The van der Waals surface area contributed by atoms with Gasteiger partial charge in [-0.25, -0.2) is 13.1 Å². The minimum absolute atomic E-state index is 0.246. The summed E-state index contributed by atoms with van der Waals surface area (Å²) in [6.07, 6.45) is 0. The Morgan fingerprint density at radius 2 is 1.70 bits per heavy atom. The minimum Gasteiger partial charge on any atom is -0.496 e. The molecule has 3 rings (SSSR count). The maximum atomic E-state index is 12.7. The summed E-state index contributed by atoms with van der Waals surface area (Å²) in [5, 5.41) is 0. The van der Waals surface area contributed by atoms with Crippen LogP contribution < -0.4 is 14.4 Å². The van der Waals surface area contributed by atoms with Crippen LogP contribution in [0.25, 0.3) is 0 Å².